The summed E-state index contributed by atoms with van der Waals surface area (Å²) in [5.74, 6) is -0.452. The molecule has 5 rings (SSSR count). The van der Waals surface area contributed by atoms with Crippen molar-refractivity contribution in [1.82, 2.24) is 0 Å². The smallest absolute Gasteiger partial charge is 0.123 e. The van der Waals surface area contributed by atoms with Gasteiger partial charge < -0.3 is 0 Å². The van der Waals surface area contributed by atoms with E-state index in [0.717, 1.165) is 22.3 Å². The van der Waals surface area contributed by atoms with Gasteiger partial charge in [0.15, 0.2) is 0 Å². The summed E-state index contributed by atoms with van der Waals surface area (Å²) in [5.41, 5.74) is 4.16. The van der Waals surface area contributed by atoms with Crippen LogP contribution in [0, 0.1) is 11.6 Å². The lowest BCUT2D eigenvalue weighted by Crippen LogP contribution is -1.76. The zero-order valence-corrected chi connectivity index (χ0v) is 17.4. The molecule has 3 heteroatoms. The molecule has 0 atom stereocenters. The van der Waals surface area contributed by atoms with Crippen molar-refractivity contribution in [1.29, 1.82) is 0 Å². The summed E-state index contributed by atoms with van der Waals surface area (Å²) >= 11 is 1.77. The molecule has 0 fully saturated rings. The molecular weight excluding hydrogens is 406 g/mol. The molecule has 0 saturated carbocycles. The highest BCUT2D eigenvalue weighted by atomic mass is 32.1. The Morgan fingerprint density at radius 1 is 0.452 bits per heavy atom. The zero-order valence-electron chi connectivity index (χ0n) is 16.6. The third kappa shape index (κ3) is 4.32. The molecule has 1 aromatic heterocycles. The number of benzene rings is 4. The highest BCUT2D eigenvalue weighted by Crippen LogP contribution is 2.35. The number of halogens is 2. The predicted octanol–water partition coefficient (Wildman–Crippen LogP) is 8.67. The molecule has 0 saturated heterocycles. The first-order valence-corrected chi connectivity index (χ1v) is 10.8. The Kier molecular flexibility index (Phi) is 5.19. The second kappa shape index (κ2) is 8.29. The Hall–Kier alpha value is -3.56. The van der Waals surface area contributed by atoms with Crippen molar-refractivity contribution in [2.24, 2.45) is 0 Å². The normalized spacial score (nSPS) is 11.9. The molecule has 0 spiro atoms. The molecule has 0 amide bonds. The summed E-state index contributed by atoms with van der Waals surface area (Å²) in [6.45, 7) is 0. The second-order valence-corrected chi connectivity index (χ2v) is 8.47. The van der Waals surface area contributed by atoms with Crippen molar-refractivity contribution in [3.8, 4) is 0 Å². The van der Waals surface area contributed by atoms with Crippen LogP contribution in [-0.2, 0) is 0 Å². The van der Waals surface area contributed by atoms with Crippen LogP contribution in [0.5, 0.6) is 0 Å². The molecule has 0 aliphatic carbocycles. The van der Waals surface area contributed by atoms with E-state index in [1.807, 2.05) is 24.3 Å². The van der Waals surface area contributed by atoms with Gasteiger partial charge in [-0.15, -0.1) is 11.3 Å². The van der Waals surface area contributed by atoms with E-state index < -0.39 is 0 Å². The van der Waals surface area contributed by atoms with Crippen LogP contribution in [0.15, 0.2) is 84.9 Å². The molecule has 31 heavy (non-hydrogen) atoms. The molecule has 150 valence electrons. The van der Waals surface area contributed by atoms with Crippen molar-refractivity contribution in [2.75, 3.05) is 0 Å². The predicted molar refractivity (Wildman–Crippen MR) is 130 cm³/mol. The van der Waals surface area contributed by atoms with Crippen LogP contribution >= 0.6 is 11.3 Å². The summed E-state index contributed by atoms with van der Waals surface area (Å²) in [6.07, 6.45) is 8.08. The monoisotopic (exact) mass is 424 g/mol. The molecule has 0 radical (unpaired) electrons. The van der Waals surface area contributed by atoms with E-state index >= 15 is 0 Å². The topological polar surface area (TPSA) is 0 Å². The summed E-state index contributed by atoms with van der Waals surface area (Å²) in [4.78, 5) is 0. The van der Waals surface area contributed by atoms with E-state index in [-0.39, 0.29) is 11.6 Å². The molecule has 0 unspecified atom stereocenters. The van der Waals surface area contributed by atoms with Crippen molar-refractivity contribution in [3.63, 3.8) is 0 Å². The molecule has 5 aromatic rings. The van der Waals surface area contributed by atoms with Crippen LogP contribution in [0.25, 0.3) is 44.5 Å². The van der Waals surface area contributed by atoms with E-state index in [4.69, 9.17) is 0 Å². The quantitative estimate of drug-likeness (QED) is 0.253. The summed E-state index contributed by atoms with van der Waals surface area (Å²) in [6, 6.07) is 25.9. The van der Waals surface area contributed by atoms with Gasteiger partial charge in [0.2, 0.25) is 0 Å². The lowest BCUT2D eigenvalue weighted by atomic mass is 10.1. The Labute approximate surface area is 183 Å². The van der Waals surface area contributed by atoms with Gasteiger partial charge in [-0.2, -0.15) is 0 Å². The summed E-state index contributed by atoms with van der Waals surface area (Å²) in [7, 11) is 0. The van der Waals surface area contributed by atoms with Crippen LogP contribution in [0.3, 0.4) is 0 Å². The van der Waals surface area contributed by atoms with Crippen LogP contribution in [0.4, 0.5) is 8.78 Å². The molecule has 0 aliphatic heterocycles. The van der Waals surface area contributed by atoms with Gasteiger partial charge in [0.25, 0.3) is 0 Å². The van der Waals surface area contributed by atoms with Gasteiger partial charge in [-0.3, -0.25) is 0 Å². The number of fused-ring (bicyclic) bond motifs is 3. The van der Waals surface area contributed by atoms with Crippen LogP contribution in [-0.4, -0.2) is 0 Å². The van der Waals surface area contributed by atoms with Gasteiger partial charge in [0.1, 0.15) is 11.6 Å². The van der Waals surface area contributed by atoms with E-state index in [0.29, 0.717) is 0 Å². The van der Waals surface area contributed by atoms with Crippen molar-refractivity contribution >= 4 is 55.8 Å². The van der Waals surface area contributed by atoms with Crippen molar-refractivity contribution < 1.29 is 8.78 Å². The van der Waals surface area contributed by atoms with E-state index in [2.05, 4.69) is 36.4 Å². The maximum absolute atomic E-state index is 13.1. The molecule has 1 heterocycles. The molecule has 0 N–H and O–H groups in total. The fourth-order valence-electron chi connectivity index (χ4n) is 3.55. The minimum absolute atomic E-state index is 0.226. The molecule has 4 aromatic carbocycles. The fraction of sp³-hybridized carbons (Fsp3) is 0. The van der Waals surface area contributed by atoms with Gasteiger partial charge in [-0.25, -0.2) is 8.78 Å². The summed E-state index contributed by atoms with van der Waals surface area (Å²) in [5, 5.41) is 2.49. The standard InChI is InChI=1S/C28H18F2S/c29-23-11-5-19(6-12-23)1-3-21-9-15-25-26-16-10-22(18-28(26)31-27(25)17-21)4-2-20-7-13-24(30)14-8-20/h1-18H. The van der Waals surface area contributed by atoms with Gasteiger partial charge in [-0.05, 0) is 58.7 Å². The van der Waals surface area contributed by atoms with E-state index in [1.165, 1.54) is 44.4 Å². The van der Waals surface area contributed by atoms with Gasteiger partial charge in [0, 0.05) is 20.2 Å². The minimum atomic E-state index is -0.226. The number of hydrogen-bond acceptors (Lipinski definition) is 1. The Morgan fingerprint density at radius 3 is 1.23 bits per heavy atom. The number of rotatable bonds is 4. The highest BCUT2D eigenvalue weighted by Gasteiger charge is 2.06. The Morgan fingerprint density at radius 2 is 0.806 bits per heavy atom. The first-order chi connectivity index (χ1) is 15.1. The molecule has 0 nitrogen and oxygen atoms in total. The zero-order chi connectivity index (χ0) is 21.2. The van der Waals surface area contributed by atoms with E-state index in [9.17, 15) is 8.78 Å². The van der Waals surface area contributed by atoms with Crippen LogP contribution in [0.1, 0.15) is 22.3 Å². The molecular formula is C28H18F2S. The summed E-state index contributed by atoms with van der Waals surface area (Å²) < 4.78 is 28.6. The number of hydrogen-bond donors (Lipinski definition) is 0. The van der Waals surface area contributed by atoms with Crippen LogP contribution in [0.2, 0.25) is 0 Å². The number of thiophene rings is 1. The van der Waals surface area contributed by atoms with E-state index in [1.54, 1.807) is 35.6 Å². The maximum atomic E-state index is 13.1. The second-order valence-electron chi connectivity index (χ2n) is 7.38. The van der Waals surface area contributed by atoms with Crippen LogP contribution < -0.4 is 0 Å². The Balaban J connectivity index is 1.43. The first-order valence-electron chi connectivity index (χ1n) is 9.98. The highest BCUT2D eigenvalue weighted by molar-refractivity contribution is 7.25. The van der Waals surface area contributed by atoms with Gasteiger partial charge >= 0.3 is 0 Å². The fourth-order valence-corrected chi connectivity index (χ4v) is 4.75. The van der Waals surface area contributed by atoms with Crippen molar-refractivity contribution in [3.05, 3.63) is 119 Å². The average Bonchev–Trinajstić information content (AvgIpc) is 3.15. The lowest BCUT2D eigenvalue weighted by Gasteiger charge is -1.97. The van der Waals surface area contributed by atoms with Gasteiger partial charge in [0.05, 0.1) is 0 Å². The third-order valence-corrected chi connectivity index (χ3v) is 6.31. The first kappa shape index (κ1) is 19.4. The SMILES string of the molecule is Fc1ccc(C=Cc2ccc3c(c2)sc2cc(C=Cc4ccc(F)cc4)ccc23)cc1. The molecule has 0 bridgehead atoms. The maximum Gasteiger partial charge on any atom is 0.123 e. The largest absolute Gasteiger partial charge is 0.207 e. The Bertz CT molecular complexity index is 1310. The average molecular weight is 425 g/mol. The third-order valence-electron chi connectivity index (χ3n) is 5.20. The molecule has 0 aliphatic rings. The van der Waals surface area contributed by atoms with Crippen molar-refractivity contribution in [2.45, 2.75) is 0 Å². The minimum Gasteiger partial charge on any atom is -0.207 e. The van der Waals surface area contributed by atoms with Gasteiger partial charge in [-0.1, -0.05) is 72.8 Å². The lowest BCUT2D eigenvalue weighted by molar-refractivity contribution is 0.627.